The number of rotatable bonds is 11. The van der Waals surface area contributed by atoms with Gasteiger partial charge in [-0.25, -0.2) is 41.2 Å². The number of pyridine rings is 2. The molecule has 0 fully saturated rings. The van der Waals surface area contributed by atoms with Crippen molar-refractivity contribution in [3.8, 4) is 45.3 Å². The van der Waals surface area contributed by atoms with Gasteiger partial charge in [-0.2, -0.15) is 58.8 Å². The number of hydrogen-bond donors (Lipinski definition) is 0. The van der Waals surface area contributed by atoms with E-state index >= 15 is 0 Å². The molecule has 30 heteroatoms. The Hall–Kier alpha value is -7.14. The first-order valence-electron chi connectivity index (χ1n) is 20.1. The van der Waals surface area contributed by atoms with Gasteiger partial charge in [0.05, 0.1) is 39.2 Å². The molecular weight excluding hydrogens is 1050 g/mol. The third kappa shape index (κ3) is 10.3. The predicted molar refractivity (Wildman–Crippen MR) is 234 cm³/mol. The summed E-state index contributed by atoms with van der Waals surface area (Å²) < 4.78 is 202. The van der Waals surface area contributed by atoms with Gasteiger partial charge in [0, 0.05) is 37.6 Å². The van der Waals surface area contributed by atoms with Crippen LogP contribution >= 0.6 is 11.6 Å². The van der Waals surface area contributed by atoms with E-state index in [-0.39, 0.29) is 66.4 Å². The van der Waals surface area contributed by atoms with E-state index in [0.717, 1.165) is 49.4 Å². The Morgan fingerprint density at radius 3 is 1.92 bits per heavy atom. The molecule has 0 saturated heterocycles. The van der Waals surface area contributed by atoms with Crippen molar-refractivity contribution < 1.29 is 69.9 Å². The summed E-state index contributed by atoms with van der Waals surface area (Å²) in [6.07, 6.45) is -14.2. The molecule has 0 amide bonds. The summed E-state index contributed by atoms with van der Waals surface area (Å²) in [6, 6.07) is 10.7. The van der Waals surface area contributed by atoms with Crippen LogP contribution in [0.4, 0.5) is 48.3 Å². The van der Waals surface area contributed by atoms with Crippen LogP contribution in [0.1, 0.15) is 25.4 Å². The van der Waals surface area contributed by atoms with Crippen LogP contribution in [-0.2, 0) is 46.1 Å². The largest absolute Gasteiger partial charge is 0.461 e. The third-order valence-electron chi connectivity index (χ3n) is 10.4. The number of nitrogens with zero attached hydrogens (tertiary/aromatic N) is 10. The van der Waals surface area contributed by atoms with Gasteiger partial charge in [0.25, 0.3) is 5.56 Å². The average molecular weight is 1080 g/mol. The number of aromatic nitrogens is 10. The number of aryl methyl sites for hydroxylation is 2. The van der Waals surface area contributed by atoms with Crippen LogP contribution in [-0.4, -0.2) is 89.9 Å². The fraction of sp³-hybridized carbons (Fsp3) is 0.238. The molecule has 380 valence electrons. The number of ether oxygens (including phenoxy) is 1. The number of sulfone groups is 2. The minimum atomic E-state index is -4.83. The van der Waals surface area contributed by atoms with E-state index in [4.69, 9.17) is 11.6 Å². The second-order valence-electron chi connectivity index (χ2n) is 15.0. The van der Waals surface area contributed by atoms with Gasteiger partial charge in [0.2, 0.25) is 5.82 Å². The molecule has 2 aromatic carbocycles. The van der Waals surface area contributed by atoms with Crippen LogP contribution in [0.25, 0.3) is 61.7 Å². The SMILES string of the molecule is CCS(=O)(=O)c1cc(-c2ccc(Cl)c(F)c2)cnc1-n1ncc2c(C(F)(F)F)nn(C)c2c1=O.CCS(=O)(=O)c1cc(-c2ccc(OC(F)(F)C(F)F)cc2)cnc1-c1ncc2nc(C(F)(F)F)n(C)c2n1. The fourth-order valence-corrected chi connectivity index (χ4v) is 9.00. The lowest BCUT2D eigenvalue weighted by molar-refractivity contribution is -0.253. The molecular formula is C42H30ClF11N10O6S2. The van der Waals surface area contributed by atoms with Crippen molar-refractivity contribution >= 4 is 53.3 Å². The van der Waals surface area contributed by atoms with E-state index < -0.39 is 94.8 Å². The molecule has 0 unspecified atom stereocenters. The highest BCUT2D eigenvalue weighted by Gasteiger charge is 2.44. The zero-order chi connectivity index (χ0) is 53.0. The summed E-state index contributed by atoms with van der Waals surface area (Å²) in [5.41, 5.74) is -2.42. The summed E-state index contributed by atoms with van der Waals surface area (Å²) >= 11 is 5.70. The summed E-state index contributed by atoms with van der Waals surface area (Å²) in [5.74, 6) is -3.94. The second-order valence-corrected chi connectivity index (χ2v) is 19.9. The Morgan fingerprint density at radius 1 is 0.722 bits per heavy atom. The molecule has 0 saturated carbocycles. The van der Waals surface area contributed by atoms with Crippen molar-refractivity contribution in [1.82, 2.24) is 49.0 Å². The van der Waals surface area contributed by atoms with Crippen molar-refractivity contribution in [3.63, 3.8) is 0 Å². The first-order chi connectivity index (χ1) is 33.5. The van der Waals surface area contributed by atoms with Crippen molar-refractivity contribution in [1.29, 1.82) is 0 Å². The number of benzene rings is 2. The maximum atomic E-state index is 13.9. The molecule has 8 aromatic rings. The monoisotopic (exact) mass is 1080 g/mol. The van der Waals surface area contributed by atoms with Gasteiger partial charge in [0.1, 0.15) is 33.2 Å². The molecule has 0 aliphatic rings. The van der Waals surface area contributed by atoms with E-state index in [9.17, 15) is 69.9 Å². The Kier molecular flexibility index (Phi) is 14.0. The Balaban J connectivity index is 0.000000213. The quantitative estimate of drug-likeness (QED) is 0.111. The van der Waals surface area contributed by atoms with Crippen molar-refractivity contribution in [2.24, 2.45) is 14.1 Å². The summed E-state index contributed by atoms with van der Waals surface area (Å²) in [5, 5.41) is 6.44. The van der Waals surface area contributed by atoms with Gasteiger partial charge >= 0.3 is 24.9 Å². The van der Waals surface area contributed by atoms with Crippen molar-refractivity contribution in [2.45, 2.75) is 48.5 Å². The topological polar surface area (TPSA) is 200 Å². The van der Waals surface area contributed by atoms with E-state index in [1.54, 1.807) is 0 Å². The molecule has 0 aliphatic heterocycles. The fourth-order valence-electron chi connectivity index (χ4n) is 6.79. The van der Waals surface area contributed by atoms with Gasteiger partial charge in [-0.3, -0.25) is 14.5 Å². The Labute approximate surface area is 402 Å². The third-order valence-corrected chi connectivity index (χ3v) is 14.2. The van der Waals surface area contributed by atoms with E-state index in [0.29, 0.717) is 9.25 Å². The molecule has 0 spiro atoms. The second kappa shape index (κ2) is 19.1. The van der Waals surface area contributed by atoms with Gasteiger partial charge < -0.3 is 9.30 Å². The smallest absolute Gasteiger partial charge is 0.428 e. The summed E-state index contributed by atoms with van der Waals surface area (Å²) in [4.78, 5) is 32.0. The minimum absolute atomic E-state index is 0.131. The number of halogens is 12. The molecule has 8 rings (SSSR count). The zero-order valence-corrected chi connectivity index (χ0v) is 39.2. The Bertz CT molecular complexity index is 3700. The molecule has 0 radical (unpaired) electrons. The van der Waals surface area contributed by atoms with Crippen LogP contribution in [0.5, 0.6) is 5.75 Å². The van der Waals surface area contributed by atoms with Crippen LogP contribution < -0.4 is 10.3 Å². The summed E-state index contributed by atoms with van der Waals surface area (Å²) in [6.45, 7) is 2.73. The zero-order valence-electron chi connectivity index (χ0n) is 36.8. The van der Waals surface area contributed by atoms with E-state index in [1.165, 1.54) is 62.6 Å². The van der Waals surface area contributed by atoms with Gasteiger partial charge in [0.15, 0.2) is 42.7 Å². The van der Waals surface area contributed by atoms with Crippen LogP contribution in [0, 0.1) is 5.82 Å². The highest BCUT2D eigenvalue weighted by atomic mass is 35.5. The number of imidazole rings is 1. The van der Waals surface area contributed by atoms with Gasteiger partial charge in [-0.05, 0) is 47.5 Å². The van der Waals surface area contributed by atoms with Crippen molar-refractivity contribution in [3.05, 3.63) is 112 Å². The molecule has 0 aliphatic carbocycles. The first-order valence-corrected chi connectivity index (χ1v) is 23.8. The lowest BCUT2D eigenvalue weighted by Gasteiger charge is -2.17. The Morgan fingerprint density at radius 2 is 1.32 bits per heavy atom. The lowest BCUT2D eigenvalue weighted by Crippen LogP contribution is -2.33. The van der Waals surface area contributed by atoms with Crippen molar-refractivity contribution in [2.75, 3.05) is 11.5 Å². The van der Waals surface area contributed by atoms with Gasteiger partial charge in [-0.15, -0.1) is 0 Å². The van der Waals surface area contributed by atoms with Crippen LogP contribution in [0.3, 0.4) is 0 Å². The highest BCUT2D eigenvalue weighted by Crippen LogP contribution is 2.36. The first kappa shape index (κ1) is 52.7. The number of alkyl halides is 10. The molecule has 72 heavy (non-hydrogen) atoms. The molecule has 0 N–H and O–H groups in total. The minimum Gasteiger partial charge on any atom is -0.428 e. The maximum absolute atomic E-state index is 13.9. The van der Waals surface area contributed by atoms with E-state index in [2.05, 4.69) is 39.9 Å². The summed E-state index contributed by atoms with van der Waals surface area (Å²) in [7, 11) is -5.74. The molecule has 0 atom stereocenters. The maximum Gasteiger partial charge on any atom is 0.461 e. The number of fused-ring (bicyclic) bond motifs is 2. The molecule has 16 nitrogen and oxygen atoms in total. The standard InChI is InChI=1S/C22H16F7N5O3S.C20H14ClF4N5O3S/c1-3-38(35,36)15-8-12(11-4-6-13(7-5-11)37-22(28,29)19(23)24)9-30-16(15)17-31-10-14-18(33-17)34(2)20(32-14)21(25,26)27;1-3-34(32,33)15-7-11(10-4-5-13(21)14(22)6-10)8-26-18(15)30-19(31)16-12(9-27-30)17(20(23,24)25)28-29(16)2/h4-10,19H,3H2,1-2H3;4-9H,3H2,1-2H3. The lowest BCUT2D eigenvalue weighted by atomic mass is 10.1. The molecule has 0 bridgehead atoms. The predicted octanol–water partition coefficient (Wildman–Crippen LogP) is 8.93. The normalized spacial score (nSPS) is 12.7. The number of hydrogen-bond acceptors (Lipinski definition) is 13. The highest BCUT2D eigenvalue weighted by molar-refractivity contribution is 7.91. The van der Waals surface area contributed by atoms with E-state index in [1.807, 2.05) is 0 Å². The molecule has 6 aromatic heterocycles. The van der Waals surface area contributed by atoms with Crippen LogP contribution in [0.2, 0.25) is 5.02 Å². The average Bonchev–Trinajstić information content (AvgIpc) is 3.86. The molecule has 6 heterocycles. The van der Waals surface area contributed by atoms with Crippen LogP contribution in [0.15, 0.2) is 94.0 Å². The van der Waals surface area contributed by atoms with Gasteiger partial charge in [-0.1, -0.05) is 43.6 Å².